The number of aromatic amines is 1. The number of aliphatic hydroxyl groups excluding tert-OH is 4. The minimum Gasteiger partial charge on any atom is -0.508 e. The molecule has 12 atom stereocenters. The molecule has 31 nitrogen and oxygen atoms in total. The summed E-state index contributed by atoms with van der Waals surface area (Å²) in [6.45, 7) is 2.29. The number of H-pyrrole nitrogens is 1. The molecule has 1 aromatic heterocycles. The topological polar surface area (TPSA) is 523 Å². The molecular formula is C50H70N12O19. The van der Waals surface area contributed by atoms with Crippen LogP contribution in [0.5, 0.6) is 5.75 Å². The molecule has 10 amide bonds. The van der Waals surface area contributed by atoms with Crippen LogP contribution in [0, 0.1) is 5.92 Å². The number of carbonyl (C=O) groups is 12. The number of benzene rings is 2. The summed E-state index contributed by atoms with van der Waals surface area (Å²) >= 11 is 0. The van der Waals surface area contributed by atoms with Gasteiger partial charge in [0.25, 0.3) is 0 Å². The third-order valence-corrected chi connectivity index (χ3v) is 12.5. The molecule has 0 saturated heterocycles. The van der Waals surface area contributed by atoms with Gasteiger partial charge in [-0.05, 0) is 49.1 Å². The van der Waals surface area contributed by atoms with Gasteiger partial charge >= 0.3 is 11.9 Å². The van der Waals surface area contributed by atoms with Crippen LogP contribution in [0.1, 0.15) is 58.1 Å². The maximum atomic E-state index is 13.9. The number of carboxylic acids is 2. The maximum absolute atomic E-state index is 13.9. The van der Waals surface area contributed by atoms with Crippen LogP contribution in [-0.4, -0.2) is 198 Å². The van der Waals surface area contributed by atoms with Crippen molar-refractivity contribution in [2.24, 2.45) is 17.4 Å². The van der Waals surface area contributed by atoms with Gasteiger partial charge in [0.1, 0.15) is 54.1 Å². The van der Waals surface area contributed by atoms with Crippen LogP contribution in [0.25, 0.3) is 10.9 Å². The Hall–Kier alpha value is -8.78. The molecule has 0 bridgehead atoms. The fraction of sp³-hybridized carbons (Fsp3) is 0.480. The fourth-order valence-corrected chi connectivity index (χ4v) is 7.74. The molecule has 0 aliphatic carbocycles. The van der Waals surface area contributed by atoms with Gasteiger partial charge in [0.05, 0.1) is 44.8 Å². The smallest absolute Gasteiger partial charge is 0.328 e. The zero-order valence-electron chi connectivity index (χ0n) is 44.5. The highest BCUT2D eigenvalue weighted by Crippen LogP contribution is 2.20. The number of hydrogen-bond donors (Lipinski definition) is 19. The summed E-state index contributed by atoms with van der Waals surface area (Å²) < 4.78 is 0. The third kappa shape index (κ3) is 20.8. The number of para-hydroxylation sites is 1. The first-order chi connectivity index (χ1) is 38.1. The number of nitrogens with one attached hydrogen (secondary N) is 10. The number of primary amides is 1. The van der Waals surface area contributed by atoms with Crippen molar-refractivity contribution >= 4 is 81.9 Å². The predicted octanol–water partition coefficient (Wildman–Crippen LogP) is -6.79. The van der Waals surface area contributed by atoms with Gasteiger partial charge in [0.2, 0.25) is 59.1 Å². The minimum absolute atomic E-state index is 0.102. The van der Waals surface area contributed by atoms with E-state index < -0.39 is 176 Å². The molecule has 444 valence electrons. The number of carbonyl (C=O) groups excluding carboxylic acids is 10. The van der Waals surface area contributed by atoms with E-state index in [0.717, 1.165) is 13.8 Å². The Morgan fingerprint density at radius 1 is 0.568 bits per heavy atom. The van der Waals surface area contributed by atoms with Gasteiger partial charge in [-0.25, -0.2) is 4.79 Å². The number of phenolic OH excluding ortho intramolecular Hbond substituents is 1. The fourth-order valence-electron chi connectivity index (χ4n) is 7.74. The maximum Gasteiger partial charge on any atom is 0.328 e. The molecule has 0 saturated carbocycles. The zero-order valence-corrected chi connectivity index (χ0v) is 44.5. The molecule has 0 aliphatic heterocycles. The van der Waals surface area contributed by atoms with Crippen molar-refractivity contribution in [3.63, 3.8) is 0 Å². The number of fused-ring (bicyclic) bond motifs is 1. The molecule has 31 heteroatoms. The van der Waals surface area contributed by atoms with Crippen LogP contribution in [0.2, 0.25) is 0 Å². The predicted molar refractivity (Wildman–Crippen MR) is 281 cm³/mol. The van der Waals surface area contributed by atoms with Crippen molar-refractivity contribution in [2.75, 3.05) is 19.8 Å². The lowest BCUT2D eigenvalue weighted by molar-refractivity contribution is -0.145. The number of aromatic nitrogens is 1. The van der Waals surface area contributed by atoms with E-state index in [2.05, 4.69) is 42.2 Å². The molecule has 0 aliphatic rings. The Balaban J connectivity index is 1.75. The molecule has 1 heterocycles. The highest BCUT2D eigenvalue weighted by molar-refractivity contribution is 6.00. The van der Waals surface area contributed by atoms with Crippen molar-refractivity contribution < 1.29 is 93.3 Å². The normalized spacial score (nSPS) is 15.6. The highest BCUT2D eigenvalue weighted by atomic mass is 16.4. The molecular weight excluding hydrogens is 1070 g/mol. The van der Waals surface area contributed by atoms with Crippen LogP contribution in [0.4, 0.5) is 0 Å². The van der Waals surface area contributed by atoms with Gasteiger partial charge in [-0.1, -0.05) is 50.6 Å². The summed E-state index contributed by atoms with van der Waals surface area (Å²) in [5.74, 6) is -15.7. The molecule has 3 aromatic rings. The van der Waals surface area contributed by atoms with Crippen LogP contribution < -0.4 is 59.3 Å². The van der Waals surface area contributed by atoms with Gasteiger partial charge in [-0.2, -0.15) is 0 Å². The Bertz CT molecular complexity index is 2740. The van der Waals surface area contributed by atoms with Gasteiger partial charge in [-0.3, -0.25) is 52.7 Å². The molecule has 2 aromatic carbocycles. The monoisotopic (exact) mass is 1140 g/mol. The number of phenols is 1. The molecule has 0 spiro atoms. The average Bonchev–Trinajstić information content (AvgIpc) is 3.89. The summed E-state index contributed by atoms with van der Waals surface area (Å²) in [6, 6.07) is -3.24. The Labute approximate surface area is 462 Å². The summed E-state index contributed by atoms with van der Waals surface area (Å²) in [7, 11) is 0. The number of aromatic hydroxyl groups is 1. The van der Waals surface area contributed by atoms with Gasteiger partial charge in [-0.15, -0.1) is 0 Å². The van der Waals surface area contributed by atoms with Gasteiger partial charge in [0, 0.05) is 29.9 Å². The van der Waals surface area contributed by atoms with Gasteiger partial charge < -0.3 is 100 Å². The molecule has 3 rings (SSSR count). The number of amides is 10. The number of aliphatic carboxylic acids is 2. The Morgan fingerprint density at radius 2 is 1.07 bits per heavy atom. The molecule has 0 radical (unpaired) electrons. The molecule has 21 N–H and O–H groups in total. The van der Waals surface area contributed by atoms with Crippen LogP contribution in [0.15, 0.2) is 54.7 Å². The van der Waals surface area contributed by atoms with E-state index in [-0.39, 0.29) is 25.0 Å². The molecule has 81 heavy (non-hydrogen) atoms. The minimum atomic E-state index is -2.05. The second-order valence-corrected chi connectivity index (χ2v) is 18.9. The number of rotatable bonds is 33. The third-order valence-electron chi connectivity index (χ3n) is 12.5. The van der Waals surface area contributed by atoms with E-state index >= 15 is 0 Å². The number of carboxylic acid groups (broad SMARTS) is 2. The van der Waals surface area contributed by atoms with Crippen LogP contribution >= 0.6 is 0 Å². The van der Waals surface area contributed by atoms with Crippen molar-refractivity contribution in [3.05, 3.63) is 65.9 Å². The van der Waals surface area contributed by atoms with Crippen molar-refractivity contribution in [1.29, 1.82) is 0 Å². The standard InChI is InChI=1S/C50H70N12O19/c1-5-22(2)39(61-45(75)31(55-42(72)29(51)20-63)14-25-10-12-27(67)13-11-25)48(78)58-33(16-36(52)68)44(74)59-35(21-64)47(77)56-34(17-38(70)71)43(73)54-19-37(69)60-40(23(3)65)49(79)57-32(46(76)62-41(24(4)66)50(80)81)15-26-18-53-30-9-7-6-8-28(26)30/h6-13,18,22-24,29,31-35,39-41,53,63-67H,5,14-17,19-21,51H2,1-4H3,(H2,52,68)(H,54,73)(H,55,72)(H,56,77)(H,57,79)(H,58,78)(H,59,74)(H,60,69)(H,61,75)(H,62,76)(H,70,71)(H,80,81)/t22-,23+,24+,29-,31-,32-,33-,34-,35-,39-,40-,41-/m0/s1. The lowest BCUT2D eigenvalue weighted by Gasteiger charge is -2.29. The highest BCUT2D eigenvalue weighted by Gasteiger charge is 2.37. The zero-order chi connectivity index (χ0) is 60.8. The number of nitrogens with two attached hydrogens (primary N) is 2. The van der Waals surface area contributed by atoms with Crippen LogP contribution in [0.3, 0.4) is 0 Å². The first-order valence-corrected chi connectivity index (χ1v) is 25.2. The SMILES string of the molecule is CC[C@H](C)[C@H](NC(=O)[C@H](Cc1ccc(O)cc1)NC(=O)[C@@H](N)CO)C(=O)N[C@@H](CC(N)=O)C(=O)N[C@@H](CO)C(=O)N[C@@H](CC(=O)O)C(=O)NCC(=O)N[C@H](C(=O)N[C@@H](Cc1c[nH]c2ccccc12)C(=O)N[C@H](C(=O)O)[C@@H](C)O)[C@@H](C)O. The lowest BCUT2D eigenvalue weighted by Crippen LogP contribution is -2.62. The molecule has 0 unspecified atom stereocenters. The van der Waals surface area contributed by atoms with Crippen molar-refractivity contribution in [1.82, 2.24) is 52.8 Å². The van der Waals surface area contributed by atoms with E-state index in [0.29, 0.717) is 22.0 Å². The Kier molecular flexibility index (Phi) is 26.0. The van der Waals surface area contributed by atoms with E-state index in [4.69, 9.17) is 11.5 Å². The summed E-state index contributed by atoms with van der Waals surface area (Å²) in [4.78, 5) is 160. The quantitative estimate of drug-likeness (QED) is 0.0269. The second kappa shape index (κ2) is 31.7. The van der Waals surface area contributed by atoms with E-state index in [1.807, 2.05) is 10.6 Å². The number of aliphatic hydroxyl groups is 4. The summed E-state index contributed by atoms with van der Waals surface area (Å²) in [5.41, 5.74) is 12.6. The lowest BCUT2D eigenvalue weighted by atomic mass is 9.96. The van der Waals surface area contributed by atoms with E-state index in [1.165, 1.54) is 37.4 Å². The average molecular weight is 1140 g/mol. The first kappa shape index (κ1) is 66.5. The Morgan fingerprint density at radius 3 is 1.63 bits per heavy atom. The van der Waals surface area contributed by atoms with E-state index in [9.17, 15) is 93.3 Å². The number of hydrogen-bond acceptors (Lipinski definition) is 18. The summed E-state index contributed by atoms with van der Waals surface area (Å²) in [6.07, 6.45) is -4.11. The van der Waals surface area contributed by atoms with Crippen molar-refractivity contribution in [2.45, 2.75) is 126 Å². The second-order valence-electron chi connectivity index (χ2n) is 18.9. The summed E-state index contributed by atoms with van der Waals surface area (Å²) in [5, 5.41) is 89.6. The van der Waals surface area contributed by atoms with Crippen LogP contribution in [-0.2, 0) is 70.4 Å². The van der Waals surface area contributed by atoms with Gasteiger partial charge in [0.15, 0.2) is 6.04 Å². The van der Waals surface area contributed by atoms with E-state index in [1.54, 1.807) is 31.2 Å². The molecule has 0 fully saturated rings. The largest absolute Gasteiger partial charge is 0.508 e. The van der Waals surface area contributed by atoms with Crippen molar-refractivity contribution in [3.8, 4) is 5.75 Å². The first-order valence-electron chi connectivity index (χ1n) is 25.2.